The molecule has 0 heterocycles. The van der Waals surface area contributed by atoms with E-state index in [1.165, 1.54) is 24.3 Å². The van der Waals surface area contributed by atoms with E-state index in [4.69, 9.17) is 5.73 Å². The van der Waals surface area contributed by atoms with Crippen LogP contribution in [0.3, 0.4) is 0 Å². The molecular weight excluding hydrogens is 317 g/mol. The van der Waals surface area contributed by atoms with Crippen LogP contribution in [-0.2, 0) is 16.4 Å². The molecule has 0 radical (unpaired) electrons. The van der Waals surface area contributed by atoms with E-state index in [9.17, 15) is 21.6 Å². The monoisotopic (exact) mass is 338 g/mol. The lowest BCUT2D eigenvalue weighted by molar-refractivity contribution is -0.127. The van der Waals surface area contributed by atoms with E-state index in [2.05, 4.69) is 4.72 Å². The molecule has 1 aromatic rings. The topological polar surface area (TPSA) is 72.2 Å². The van der Waals surface area contributed by atoms with Gasteiger partial charge in [-0.1, -0.05) is 26.0 Å². The first kappa shape index (κ1) is 18.9. The second-order valence-electron chi connectivity index (χ2n) is 5.62. The van der Waals surface area contributed by atoms with Crippen molar-refractivity contribution in [1.82, 2.24) is 4.72 Å². The number of sulfonamides is 1. The third kappa shape index (κ3) is 6.33. The van der Waals surface area contributed by atoms with Crippen molar-refractivity contribution < 1.29 is 21.6 Å². The van der Waals surface area contributed by atoms with Gasteiger partial charge in [0.2, 0.25) is 10.0 Å². The smallest absolute Gasteiger partial charge is 0.329 e. The van der Waals surface area contributed by atoms with Gasteiger partial charge in [-0.2, -0.15) is 13.2 Å². The van der Waals surface area contributed by atoms with E-state index < -0.39 is 28.7 Å². The van der Waals surface area contributed by atoms with Crippen LogP contribution in [0.4, 0.5) is 13.2 Å². The maximum absolute atomic E-state index is 12.3. The summed E-state index contributed by atoms with van der Waals surface area (Å²) < 4.78 is 63.7. The Kier molecular flexibility index (Phi) is 6.39. The molecule has 0 saturated carbocycles. The van der Waals surface area contributed by atoms with Crippen molar-refractivity contribution in [2.24, 2.45) is 11.7 Å². The van der Waals surface area contributed by atoms with Crippen molar-refractivity contribution in [3.63, 3.8) is 0 Å². The molecule has 0 aromatic heterocycles. The van der Waals surface area contributed by atoms with Gasteiger partial charge in [-0.3, -0.25) is 0 Å². The van der Waals surface area contributed by atoms with Crippen molar-refractivity contribution >= 4 is 10.0 Å². The second-order valence-corrected chi connectivity index (χ2v) is 7.33. The van der Waals surface area contributed by atoms with Gasteiger partial charge in [0.05, 0.1) is 11.3 Å². The predicted octanol–water partition coefficient (Wildman–Crippen LogP) is 2.44. The molecule has 0 spiro atoms. The fourth-order valence-corrected chi connectivity index (χ4v) is 3.33. The van der Waals surface area contributed by atoms with E-state index in [1.807, 2.05) is 13.8 Å². The molecule has 4 nitrogen and oxygen atoms in total. The van der Waals surface area contributed by atoms with E-state index >= 15 is 0 Å². The van der Waals surface area contributed by atoms with Gasteiger partial charge in [-0.25, -0.2) is 13.1 Å². The summed E-state index contributed by atoms with van der Waals surface area (Å²) in [5, 5.41) is 0. The second kappa shape index (κ2) is 7.43. The maximum Gasteiger partial charge on any atom is 0.393 e. The van der Waals surface area contributed by atoms with Crippen LogP contribution in [0.2, 0.25) is 0 Å². The van der Waals surface area contributed by atoms with Crippen molar-refractivity contribution in [2.45, 2.75) is 43.8 Å². The molecule has 1 aromatic carbocycles. The molecule has 3 N–H and O–H groups in total. The van der Waals surface area contributed by atoms with Crippen LogP contribution >= 0.6 is 0 Å². The summed E-state index contributed by atoms with van der Waals surface area (Å²) in [5.74, 6) is 0.269. The highest BCUT2D eigenvalue weighted by Crippen LogP contribution is 2.22. The first-order valence-electron chi connectivity index (χ1n) is 6.91. The fourth-order valence-electron chi connectivity index (χ4n) is 2.07. The molecule has 8 heteroatoms. The molecule has 0 fully saturated rings. The number of hydrogen-bond acceptors (Lipinski definition) is 3. The average molecular weight is 338 g/mol. The lowest BCUT2D eigenvalue weighted by atomic mass is 10.1. The van der Waals surface area contributed by atoms with Gasteiger partial charge < -0.3 is 5.73 Å². The molecule has 0 saturated heterocycles. The van der Waals surface area contributed by atoms with Crippen LogP contribution < -0.4 is 10.5 Å². The zero-order chi connectivity index (χ0) is 17.0. The molecular formula is C14H21F3N2O2S. The molecule has 1 unspecified atom stereocenters. The van der Waals surface area contributed by atoms with E-state index in [0.29, 0.717) is 6.42 Å². The summed E-state index contributed by atoms with van der Waals surface area (Å²) in [5.41, 5.74) is 5.57. The number of rotatable bonds is 7. The van der Waals surface area contributed by atoms with Gasteiger partial charge in [-0.05, 0) is 30.0 Å². The van der Waals surface area contributed by atoms with Crippen LogP contribution in [0.5, 0.6) is 0 Å². The Morgan fingerprint density at radius 1 is 1.18 bits per heavy atom. The summed E-state index contributed by atoms with van der Waals surface area (Å²) in [7, 11) is -3.79. The third-order valence-electron chi connectivity index (χ3n) is 3.00. The number of nitrogens with two attached hydrogens (primary N) is 1. The summed E-state index contributed by atoms with van der Waals surface area (Å²) in [6.45, 7) is 4.05. The van der Waals surface area contributed by atoms with Gasteiger partial charge in [0, 0.05) is 12.6 Å². The molecule has 0 amide bonds. The third-order valence-corrected chi connectivity index (χ3v) is 4.54. The quantitative estimate of drug-likeness (QED) is 0.802. The van der Waals surface area contributed by atoms with Gasteiger partial charge in [-0.15, -0.1) is 0 Å². The Morgan fingerprint density at radius 2 is 1.73 bits per heavy atom. The lowest BCUT2D eigenvalue weighted by Crippen LogP contribution is -2.40. The van der Waals surface area contributed by atoms with Crippen molar-refractivity contribution in [2.75, 3.05) is 6.54 Å². The zero-order valence-electron chi connectivity index (χ0n) is 12.5. The summed E-state index contributed by atoms with van der Waals surface area (Å²) >= 11 is 0. The normalized spacial score (nSPS) is 14.3. The van der Waals surface area contributed by atoms with E-state index in [-0.39, 0.29) is 22.9 Å². The van der Waals surface area contributed by atoms with Crippen LogP contribution in [0.1, 0.15) is 25.8 Å². The Morgan fingerprint density at radius 3 is 2.14 bits per heavy atom. The van der Waals surface area contributed by atoms with Crippen molar-refractivity contribution in [1.29, 1.82) is 0 Å². The van der Waals surface area contributed by atoms with Gasteiger partial charge in [0.25, 0.3) is 0 Å². The first-order chi connectivity index (χ1) is 10.0. The molecule has 1 rings (SSSR count). The highest BCUT2D eigenvalue weighted by atomic mass is 32.2. The minimum Gasteiger partial charge on any atom is -0.329 e. The number of alkyl halides is 3. The molecule has 126 valence electrons. The molecule has 0 aliphatic heterocycles. The Bertz CT molecular complexity index is 569. The minimum atomic E-state index is -4.32. The maximum atomic E-state index is 12.3. The van der Waals surface area contributed by atoms with Crippen LogP contribution in [0, 0.1) is 5.92 Å². The van der Waals surface area contributed by atoms with E-state index in [1.54, 1.807) is 0 Å². The summed E-state index contributed by atoms with van der Waals surface area (Å²) in [4.78, 5) is -0.0689. The standard InChI is InChI=1S/C14H21F3N2O2S/c1-10(2)7-12(9-18)19-22(20,21)13-5-3-11(4-6-13)8-14(15,16)17/h3-6,10,12,19H,7-9,18H2,1-2H3. The largest absolute Gasteiger partial charge is 0.393 e. The number of nitrogens with one attached hydrogen (secondary N) is 1. The first-order valence-corrected chi connectivity index (χ1v) is 8.40. The fraction of sp³-hybridized carbons (Fsp3) is 0.571. The molecule has 1 atom stereocenters. The number of halogens is 3. The number of hydrogen-bond donors (Lipinski definition) is 2. The lowest BCUT2D eigenvalue weighted by Gasteiger charge is -2.19. The van der Waals surface area contributed by atoms with Crippen LogP contribution in [-0.4, -0.2) is 27.2 Å². The Labute approximate surface area is 128 Å². The van der Waals surface area contributed by atoms with Gasteiger partial charge >= 0.3 is 6.18 Å². The zero-order valence-corrected chi connectivity index (χ0v) is 13.3. The van der Waals surface area contributed by atoms with Crippen molar-refractivity contribution in [3.8, 4) is 0 Å². The van der Waals surface area contributed by atoms with Crippen molar-refractivity contribution in [3.05, 3.63) is 29.8 Å². The summed E-state index contributed by atoms with van der Waals surface area (Å²) in [6.07, 6.45) is -4.82. The Hall–Kier alpha value is -1.12. The van der Waals surface area contributed by atoms with Gasteiger partial charge in [0.1, 0.15) is 0 Å². The highest BCUT2D eigenvalue weighted by Gasteiger charge is 2.28. The Balaban J connectivity index is 2.85. The molecule has 0 aliphatic carbocycles. The highest BCUT2D eigenvalue weighted by molar-refractivity contribution is 7.89. The minimum absolute atomic E-state index is 0.0176. The molecule has 22 heavy (non-hydrogen) atoms. The number of benzene rings is 1. The summed E-state index contributed by atoms with van der Waals surface area (Å²) in [6, 6.07) is 4.28. The average Bonchev–Trinajstić information content (AvgIpc) is 2.35. The van der Waals surface area contributed by atoms with Crippen LogP contribution in [0.25, 0.3) is 0 Å². The molecule has 0 aliphatic rings. The predicted molar refractivity (Wildman–Crippen MR) is 78.8 cm³/mol. The van der Waals surface area contributed by atoms with Gasteiger partial charge in [0.15, 0.2) is 0 Å². The molecule has 0 bridgehead atoms. The van der Waals surface area contributed by atoms with E-state index in [0.717, 1.165) is 0 Å². The van der Waals surface area contributed by atoms with Crippen LogP contribution in [0.15, 0.2) is 29.2 Å². The SMILES string of the molecule is CC(C)CC(CN)NS(=O)(=O)c1ccc(CC(F)(F)F)cc1.